The highest BCUT2D eigenvalue weighted by Gasteiger charge is 2.24. The number of ketones is 1. The van der Waals surface area contributed by atoms with E-state index < -0.39 is 23.4 Å². The first-order valence-corrected chi connectivity index (χ1v) is 6.30. The molecular weight excluding hydrogens is 266 g/mol. The third-order valence-corrected chi connectivity index (χ3v) is 2.71. The first-order valence-electron chi connectivity index (χ1n) is 6.30. The van der Waals surface area contributed by atoms with Crippen molar-refractivity contribution in [3.05, 3.63) is 46.5 Å². The van der Waals surface area contributed by atoms with Crippen LogP contribution in [0, 0.1) is 18.6 Å². The quantitative estimate of drug-likeness (QED) is 0.273. The number of carbonyl (C=O) groups is 2. The van der Waals surface area contributed by atoms with Crippen LogP contribution in [0.3, 0.4) is 0 Å². The zero-order valence-corrected chi connectivity index (χ0v) is 11.6. The van der Waals surface area contributed by atoms with E-state index in [4.69, 9.17) is 4.74 Å². The Labute approximate surface area is 116 Å². The molecule has 0 heterocycles. The maximum absolute atomic E-state index is 13.9. The van der Waals surface area contributed by atoms with Gasteiger partial charge in [-0.15, -0.1) is 0 Å². The largest absolute Gasteiger partial charge is 0.462 e. The maximum atomic E-state index is 13.9. The number of benzene rings is 1. The van der Waals surface area contributed by atoms with Crippen molar-refractivity contribution in [2.45, 2.75) is 27.2 Å². The summed E-state index contributed by atoms with van der Waals surface area (Å²) in [6, 6.07) is 2.03. The van der Waals surface area contributed by atoms with Crippen LogP contribution in [0.1, 0.15) is 36.2 Å². The fourth-order valence-electron chi connectivity index (χ4n) is 1.66. The Bertz CT molecular complexity index is 562. The third kappa shape index (κ3) is 3.29. The van der Waals surface area contributed by atoms with Gasteiger partial charge in [0.05, 0.1) is 12.2 Å². The molecule has 0 spiro atoms. The summed E-state index contributed by atoms with van der Waals surface area (Å²) in [7, 11) is 0. The molecule has 108 valence electrons. The first-order chi connectivity index (χ1) is 9.43. The monoisotopic (exact) mass is 282 g/mol. The summed E-state index contributed by atoms with van der Waals surface area (Å²) in [5.41, 5.74) is -0.827. The molecule has 0 fully saturated rings. The van der Waals surface area contributed by atoms with E-state index in [1.54, 1.807) is 13.8 Å². The SMILES string of the molecule is CCC=C(C(=O)OCC)C(=O)c1ccc(F)c(C)c1F. The van der Waals surface area contributed by atoms with E-state index in [1.807, 2.05) is 0 Å². The molecule has 0 aromatic heterocycles. The fourth-order valence-corrected chi connectivity index (χ4v) is 1.66. The van der Waals surface area contributed by atoms with Gasteiger partial charge in [-0.25, -0.2) is 13.6 Å². The summed E-state index contributed by atoms with van der Waals surface area (Å²) in [5, 5.41) is 0. The van der Waals surface area contributed by atoms with Crippen LogP contribution in [0.2, 0.25) is 0 Å². The van der Waals surface area contributed by atoms with Gasteiger partial charge in [-0.1, -0.05) is 13.0 Å². The van der Waals surface area contributed by atoms with Crippen molar-refractivity contribution in [2.24, 2.45) is 0 Å². The minimum Gasteiger partial charge on any atom is -0.462 e. The average molecular weight is 282 g/mol. The van der Waals surface area contributed by atoms with Crippen molar-refractivity contribution in [3.63, 3.8) is 0 Å². The molecule has 0 aliphatic heterocycles. The van der Waals surface area contributed by atoms with E-state index in [9.17, 15) is 18.4 Å². The van der Waals surface area contributed by atoms with Gasteiger partial charge in [-0.3, -0.25) is 4.79 Å². The summed E-state index contributed by atoms with van der Waals surface area (Å²) < 4.78 is 31.9. The van der Waals surface area contributed by atoms with Gasteiger partial charge in [-0.2, -0.15) is 0 Å². The summed E-state index contributed by atoms with van der Waals surface area (Å²) >= 11 is 0. The topological polar surface area (TPSA) is 43.4 Å². The molecule has 5 heteroatoms. The summed E-state index contributed by atoms with van der Waals surface area (Å²) in [4.78, 5) is 23.9. The van der Waals surface area contributed by atoms with Gasteiger partial charge >= 0.3 is 5.97 Å². The number of allylic oxidation sites excluding steroid dienone is 1. The van der Waals surface area contributed by atoms with E-state index in [1.165, 1.54) is 13.0 Å². The van der Waals surface area contributed by atoms with E-state index in [0.717, 1.165) is 12.1 Å². The highest BCUT2D eigenvalue weighted by Crippen LogP contribution is 2.19. The second kappa shape index (κ2) is 6.93. The fraction of sp³-hybridized carbons (Fsp3) is 0.333. The number of halogens is 2. The maximum Gasteiger partial charge on any atom is 0.341 e. The van der Waals surface area contributed by atoms with Crippen LogP contribution in [0.5, 0.6) is 0 Å². The van der Waals surface area contributed by atoms with Gasteiger partial charge in [0, 0.05) is 5.56 Å². The highest BCUT2D eigenvalue weighted by molar-refractivity contribution is 6.24. The Kier molecular flexibility index (Phi) is 5.55. The molecular formula is C15H16F2O3. The molecule has 1 aromatic rings. The van der Waals surface area contributed by atoms with Gasteiger partial charge in [-0.05, 0) is 32.4 Å². The molecule has 0 radical (unpaired) electrons. The van der Waals surface area contributed by atoms with Crippen LogP contribution in [-0.4, -0.2) is 18.4 Å². The number of esters is 1. The number of hydrogen-bond acceptors (Lipinski definition) is 3. The van der Waals surface area contributed by atoms with Crippen LogP contribution >= 0.6 is 0 Å². The van der Waals surface area contributed by atoms with Gasteiger partial charge in [0.1, 0.15) is 17.2 Å². The Hall–Kier alpha value is -2.04. The Morgan fingerprint density at radius 1 is 1.25 bits per heavy atom. The Morgan fingerprint density at radius 3 is 2.45 bits per heavy atom. The lowest BCUT2D eigenvalue weighted by Gasteiger charge is -2.08. The highest BCUT2D eigenvalue weighted by atomic mass is 19.1. The Balaban J connectivity index is 3.24. The molecule has 0 atom stereocenters. The van der Waals surface area contributed by atoms with Crippen molar-refractivity contribution in [3.8, 4) is 0 Å². The first kappa shape index (κ1) is 16.0. The molecule has 0 amide bonds. The van der Waals surface area contributed by atoms with E-state index in [2.05, 4.69) is 0 Å². The van der Waals surface area contributed by atoms with Gasteiger partial charge < -0.3 is 4.74 Å². The predicted octanol–water partition coefficient (Wildman–Crippen LogP) is 3.36. The lowest BCUT2D eigenvalue weighted by molar-refractivity contribution is -0.138. The average Bonchev–Trinajstić information content (AvgIpc) is 2.42. The van der Waals surface area contributed by atoms with E-state index >= 15 is 0 Å². The van der Waals surface area contributed by atoms with Gasteiger partial charge in [0.25, 0.3) is 0 Å². The molecule has 0 N–H and O–H groups in total. The van der Waals surface area contributed by atoms with E-state index in [-0.39, 0.29) is 23.3 Å². The molecule has 3 nitrogen and oxygen atoms in total. The van der Waals surface area contributed by atoms with Crippen molar-refractivity contribution >= 4 is 11.8 Å². The second-order valence-electron chi connectivity index (χ2n) is 4.11. The van der Waals surface area contributed by atoms with Crippen molar-refractivity contribution in [1.82, 2.24) is 0 Å². The number of Topliss-reactive ketones (excluding diaryl/α,β-unsaturated/α-hetero) is 1. The second-order valence-corrected chi connectivity index (χ2v) is 4.11. The van der Waals surface area contributed by atoms with Crippen molar-refractivity contribution in [1.29, 1.82) is 0 Å². The molecule has 20 heavy (non-hydrogen) atoms. The molecule has 1 rings (SSSR count). The zero-order valence-electron chi connectivity index (χ0n) is 11.6. The molecule has 1 aromatic carbocycles. The van der Waals surface area contributed by atoms with Gasteiger partial charge in [0.15, 0.2) is 0 Å². The molecule has 0 bridgehead atoms. The summed E-state index contributed by atoms with van der Waals surface area (Å²) in [6.07, 6.45) is 1.79. The molecule has 0 aliphatic rings. The normalized spacial score (nSPS) is 11.3. The van der Waals surface area contributed by atoms with Crippen LogP contribution in [0.25, 0.3) is 0 Å². The van der Waals surface area contributed by atoms with E-state index in [0.29, 0.717) is 6.42 Å². The molecule has 0 saturated carbocycles. The lowest BCUT2D eigenvalue weighted by atomic mass is 10.00. The number of ether oxygens (including phenoxy) is 1. The summed E-state index contributed by atoms with van der Waals surface area (Å²) in [5.74, 6) is -3.30. The van der Waals surface area contributed by atoms with Crippen LogP contribution < -0.4 is 0 Å². The number of hydrogen-bond donors (Lipinski definition) is 0. The Morgan fingerprint density at radius 2 is 1.90 bits per heavy atom. The zero-order chi connectivity index (χ0) is 15.3. The van der Waals surface area contributed by atoms with Gasteiger partial charge in [0.2, 0.25) is 5.78 Å². The standard InChI is InChI=1S/C15H16F2O3/c1-4-6-11(15(19)20-5-2)14(18)10-7-8-12(16)9(3)13(10)17/h6-8H,4-5H2,1-3H3. The van der Waals surface area contributed by atoms with Crippen LogP contribution in [0.15, 0.2) is 23.8 Å². The lowest BCUT2D eigenvalue weighted by Crippen LogP contribution is -2.18. The van der Waals surface area contributed by atoms with Crippen LogP contribution in [0.4, 0.5) is 8.78 Å². The van der Waals surface area contributed by atoms with Crippen molar-refractivity contribution in [2.75, 3.05) is 6.61 Å². The minimum absolute atomic E-state index is 0.109. The molecule has 0 aliphatic carbocycles. The van der Waals surface area contributed by atoms with Crippen molar-refractivity contribution < 1.29 is 23.1 Å². The smallest absolute Gasteiger partial charge is 0.341 e. The molecule has 0 saturated heterocycles. The third-order valence-electron chi connectivity index (χ3n) is 2.71. The van der Waals surface area contributed by atoms with Crippen LogP contribution in [-0.2, 0) is 9.53 Å². The summed E-state index contributed by atoms with van der Waals surface area (Å²) in [6.45, 7) is 4.68. The molecule has 0 unspecified atom stereocenters. The number of carbonyl (C=O) groups excluding carboxylic acids is 2. The minimum atomic E-state index is -0.957. The number of rotatable bonds is 5. The predicted molar refractivity (Wildman–Crippen MR) is 70.4 cm³/mol.